The first-order valence-corrected chi connectivity index (χ1v) is 8.29. The summed E-state index contributed by atoms with van der Waals surface area (Å²) in [5, 5.41) is 3.62. The molecule has 3 fully saturated rings. The van der Waals surface area contributed by atoms with Gasteiger partial charge in [-0.05, 0) is 48.9 Å². The zero-order chi connectivity index (χ0) is 14.9. The van der Waals surface area contributed by atoms with Crippen LogP contribution in [-0.2, 0) is 6.54 Å². The number of benzene rings is 1. The predicted octanol–water partition coefficient (Wildman–Crippen LogP) is 2.40. The number of rotatable bonds is 5. The molecular formula is C18H24N2O2. The van der Waals surface area contributed by atoms with Crippen molar-refractivity contribution >= 4 is 0 Å². The summed E-state index contributed by atoms with van der Waals surface area (Å²) in [4.78, 5) is 2.64. The Kier molecular flexibility index (Phi) is 3.80. The van der Waals surface area contributed by atoms with Gasteiger partial charge in [0.25, 0.3) is 0 Å². The maximum atomic E-state index is 5.43. The zero-order valence-electron chi connectivity index (χ0n) is 13.0. The fourth-order valence-corrected chi connectivity index (χ4v) is 4.09. The second kappa shape index (κ2) is 5.94. The van der Waals surface area contributed by atoms with Gasteiger partial charge >= 0.3 is 0 Å². The van der Waals surface area contributed by atoms with E-state index in [0.29, 0.717) is 18.8 Å². The standard InChI is InChI=1S/C18H24N2O2/c1-2-14-11-20-6-5-15(14)8-16(20)10-19-9-13-3-4-17-18(7-13)22-12-21-17/h2-4,7,14-16,19H,1,5-6,8-12H2. The van der Waals surface area contributed by atoms with Crippen LogP contribution in [-0.4, -0.2) is 37.4 Å². The first kappa shape index (κ1) is 14.1. The molecule has 3 saturated heterocycles. The molecular weight excluding hydrogens is 276 g/mol. The van der Waals surface area contributed by atoms with E-state index in [1.54, 1.807) is 0 Å². The maximum Gasteiger partial charge on any atom is 0.231 e. The average Bonchev–Trinajstić information content (AvgIpc) is 3.03. The molecule has 0 spiro atoms. The maximum absolute atomic E-state index is 5.43. The van der Waals surface area contributed by atoms with Crippen molar-refractivity contribution in [3.8, 4) is 11.5 Å². The first-order valence-electron chi connectivity index (χ1n) is 8.29. The van der Waals surface area contributed by atoms with Crippen LogP contribution in [0.5, 0.6) is 11.5 Å². The second-order valence-corrected chi connectivity index (χ2v) is 6.65. The summed E-state index contributed by atoms with van der Waals surface area (Å²) in [5.74, 6) is 3.28. The molecule has 0 radical (unpaired) electrons. The summed E-state index contributed by atoms with van der Waals surface area (Å²) >= 11 is 0. The Morgan fingerprint density at radius 3 is 3.05 bits per heavy atom. The van der Waals surface area contributed by atoms with E-state index in [0.717, 1.165) is 30.5 Å². The minimum atomic E-state index is 0.342. The highest BCUT2D eigenvalue weighted by Crippen LogP contribution is 2.36. The Hall–Kier alpha value is -1.52. The molecule has 118 valence electrons. The molecule has 4 heterocycles. The van der Waals surface area contributed by atoms with E-state index in [1.807, 2.05) is 6.07 Å². The van der Waals surface area contributed by atoms with E-state index >= 15 is 0 Å². The van der Waals surface area contributed by atoms with Gasteiger partial charge in [-0.1, -0.05) is 12.1 Å². The van der Waals surface area contributed by atoms with Gasteiger partial charge in [-0.25, -0.2) is 0 Å². The van der Waals surface area contributed by atoms with Crippen molar-refractivity contribution in [2.24, 2.45) is 11.8 Å². The lowest BCUT2D eigenvalue weighted by Gasteiger charge is -2.49. The van der Waals surface area contributed by atoms with Gasteiger partial charge in [0.2, 0.25) is 6.79 Å². The van der Waals surface area contributed by atoms with Crippen molar-refractivity contribution in [3.05, 3.63) is 36.4 Å². The largest absolute Gasteiger partial charge is 0.454 e. The first-order chi connectivity index (χ1) is 10.8. The number of hydrogen-bond donors (Lipinski definition) is 1. The smallest absolute Gasteiger partial charge is 0.231 e. The summed E-state index contributed by atoms with van der Waals surface area (Å²) in [6.07, 6.45) is 4.81. The molecule has 4 unspecified atom stereocenters. The molecule has 0 amide bonds. The van der Waals surface area contributed by atoms with Crippen molar-refractivity contribution in [2.75, 3.05) is 26.4 Å². The molecule has 4 heteroatoms. The predicted molar refractivity (Wildman–Crippen MR) is 86.0 cm³/mol. The lowest BCUT2D eigenvalue weighted by atomic mass is 9.75. The highest BCUT2D eigenvalue weighted by atomic mass is 16.7. The fourth-order valence-electron chi connectivity index (χ4n) is 4.09. The molecule has 5 rings (SSSR count). The highest BCUT2D eigenvalue weighted by Gasteiger charge is 2.38. The van der Waals surface area contributed by atoms with E-state index in [4.69, 9.17) is 9.47 Å². The van der Waals surface area contributed by atoms with Crippen molar-refractivity contribution in [1.29, 1.82) is 0 Å². The Morgan fingerprint density at radius 2 is 2.23 bits per heavy atom. The number of nitrogens with one attached hydrogen (secondary N) is 1. The SMILES string of the molecule is C=CC1CN2CCC1CC2CNCc1ccc2c(c1)OCO2. The Labute approximate surface area is 132 Å². The molecule has 1 aromatic carbocycles. The summed E-state index contributed by atoms with van der Waals surface area (Å²) in [6.45, 7) is 8.74. The lowest BCUT2D eigenvalue weighted by molar-refractivity contribution is 0.0195. The Morgan fingerprint density at radius 1 is 1.32 bits per heavy atom. The Balaban J connectivity index is 1.30. The van der Waals surface area contributed by atoms with Crippen LogP contribution in [0.1, 0.15) is 18.4 Å². The molecule has 1 N–H and O–H groups in total. The zero-order valence-corrected chi connectivity index (χ0v) is 13.0. The molecule has 2 bridgehead atoms. The van der Waals surface area contributed by atoms with Crippen LogP contribution in [0.4, 0.5) is 0 Å². The molecule has 4 atom stereocenters. The van der Waals surface area contributed by atoms with Gasteiger partial charge in [0, 0.05) is 25.7 Å². The summed E-state index contributed by atoms with van der Waals surface area (Å²) in [7, 11) is 0. The molecule has 4 nitrogen and oxygen atoms in total. The average molecular weight is 300 g/mol. The quantitative estimate of drug-likeness (QED) is 0.847. The van der Waals surface area contributed by atoms with Crippen LogP contribution in [0.25, 0.3) is 0 Å². The van der Waals surface area contributed by atoms with E-state index in [2.05, 4.69) is 35.0 Å². The number of fused-ring (bicyclic) bond motifs is 4. The van der Waals surface area contributed by atoms with E-state index in [9.17, 15) is 0 Å². The van der Waals surface area contributed by atoms with Gasteiger partial charge in [-0.3, -0.25) is 4.90 Å². The van der Waals surface area contributed by atoms with Crippen LogP contribution in [0.2, 0.25) is 0 Å². The molecule has 1 aromatic rings. The summed E-state index contributed by atoms with van der Waals surface area (Å²) in [5.41, 5.74) is 1.25. The van der Waals surface area contributed by atoms with Gasteiger partial charge in [0.05, 0.1) is 0 Å². The lowest BCUT2D eigenvalue weighted by Crippen LogP contribution is -2.55. The molecule has 0 saturated carbocycles. The van der Waals surface area contributed by atoms with Gasteiger partial charge in [0.15, 0.2) is 11.5 Å². The number of ether oxygens (including phenoxy) is 2. The third kappa shape index (κ3) is 2.61. The van der Waals surface area contributed by atoms with Crippen molar-refractivity contribution in [2.45, 2.75) is 25.4 Å². The van der Waals surface area contributed by atoms with Crippen LogP contribution in [0, 0.1) is 11.8 Å². The highest BCUT2D eigenvalue weighted by molar-refractivity contribution is 5.44. The van der Waals surface area contributed by atoms with Gasteiger partial charge in [0.1, 0.15) is 0 Å². The second-order valence-electron chi connectivity index (χ2n) is 6.65. The minimum Gasteiger partial charge on any atom is -0.454 e. The number of piperidine rings is 3. The summed E-state index contributed by atoms with van der Waals surface area (Å²) in [6, 6.07) is 6.88. The molecule has 0 aromatic heterocycles. The third-order valence-corrected chi connectivity index (χ3v) is 5.38. The molecule has 4 aliphatic heterocycles. The number of hydrogen-bond acceptors (Lipinski definition) is 4. The van der Waals surface area contributed by atoms with Crippen molar-refractivity contribution in [1.82, 2.24) is 10.2 Å². The van der Waals surface area contributed by atoms with Crippen LogP contribution in [0.3, 0.4) is 0 Å². The van der Waals surface area contributed by atoms with Gasteiger partial charge < -0.3 is 14.8 Å². The number of nitrogens with zero attached hydrogens (tertiary/aromatic N) is 1. The Bertz CT molecular complexity index is 560. The topological polar surface area (TPSA) is 33.7 Å². The fraction of sp³-hybridized carbons (Fsp3) is 0.556. The van der Waals surface area contributed by atoms with Crippen LogP contribution in [0.15, 0.2) is 30.9 Å². The van der Waals surface area contributed by atoms with Gasteiger partial charge in [-0.15, -0.1) is 6.58 Å². The minimum absolute atomic E-state index is 0.342. The van der Waals surface area contributed by atoms with Crippen LogP contribution >= 0.6 is 0 Å². The normalized spacial score (nSPS) is 32.2. The van der Waals surface area contributed by atoms with E-state index < -0.39 is 0 Å². The van der Waals surface area contributed by atoms with Crippen molar-refractivity contribution < 1.29 is 9.47 Å². The summed E-state index contributed by atoms with van der Waals surface area (Å²) < 4.78 is 10.8. The molecule has 22 heavy (non-hydrogen) atoms. The monoisotopic (exact) mass is 300 g/mol. The van der Waals surface area contributed by atoms with Crippen LogP contribution < -0.4 is 14.8 Å². The van der Waals surface area contributed by atoms with Gasteiger partial charge in [-0.2, -0.15) is 0 Å². The van der Waals surface area contributed by atoms with Crippen molar-refractivity contribution in [3.63, 3.8) is 0 Å². The van der Waals surface area contributed by atoms with E-state index in [1.165, 1.54) is 31.5 Å². The van der Waals surface area contributed by atoms with E-state index in [-0.39, 0.29) is 0 Å². The molecule has 4 aliphatic rings. The third-order valence-electron chi connectivity index (χ3n) is 5.38. The molecule has 0 aliphatic carbocycles.